The molecule has 0 aliphatic carbocycles. The Hall–Kier alpha value is -1.71. The molecule has 1 aromatic carbocycles. The highest BCUT2D eigenvalue weighted by molar-refractivity contribution is 5.68. The van der Waals surface area contributed by atoms with Crippen molar-refractivity contribution in [1.29, 1.82) is 0 Å². The van der Waals surface area contributed by atoms with Crippen molar-refractivity contribution in [2.24, 2.45) is 0 Å². The number of fused-ring (bicyclic) bond motifs is 1. The van der Waals surface area contributed by atoms with Crippen LogP contribution in [0.5, 0.6) is 0 Å². The maximum absolute atomic E-state index is 11.7. The lowest BCUT2D eigenvalue weighted by molar-refractivity contribution is 0.0506. The molecule has 2 rings (SSSR count). The molecule has 4 nitrogen and oxygen atoms in total. The number of alkyl carbamates (subject to hydrolysis) is 1. The van der Waals surface area contributed by atoms with Crippen LogP contribution in [0, 0.1) is 6.92 Å². The number of hydrogen-bond donors (Lipinski definition) is 2. The van der Waals surface area contributed by atoms with Crippen molar-refractivity contribution >= 4 is 11.8 Å². The van der Waals surface area contributed by atoms with Gasteiger partial charge in [-0.15, -0.1) is 0 Å². The molecule has 4 heteroatoms. The second kappa shape index (κ2) is 5.11. The second-order valence-electron chi connectivity index (χ2n) is 6.09. The van der Waals surface area contributed by atoms with E-state index in [1.165, 1.54) is 11.1 Å². The van der Waals surface area contributed by atoms with Crippen LogP contribution in [-0.2, 0) is 11.2 Å². The van der Waals surface area contributed by atoms with Crippen LogP contribution in [0.25, 0.3) is 0 Å². The highest BCUT2D eigenvalue weighted by Crippen LogP contribution is 2.23. The molecule has 1 aliphatic heterocycles. The van der Waals surface area contributed by atoms with Crippen LogP contribution in [0.1, 0.15) is 31.9 Å². The molecular formula is C15H22N2O2. The Morgan fingerprint density at radius 1 is 1.42 bits per heavy atom. The molecule has 0 unspecified atom stereocenters. The van der Waals surface area contributed by atoms with Crippen LogP contribution in [0.4, 0.5) is 10.5 Å². The van der Waals surface area contributed by atoms with Gasteiger partial charge < -0.3 is 15.4 Å². The van der Waals surface area contributed by atoms with E-state index in [9.17, 15) is 4.79 Å². The Labute approximate surface area is 114 Å². The van der Waals surface area contributed by atoms with Crippen molar-refractivity contribution in [1.82, 2.24) is 5.32 Å². The first-order chi connectivity index (χ1) is 8.83. The Kier molecular flexibility index (Phi) is 3.69. The summed E-state index contributed by atoms with van der Waals surface area (Å²) in [7, 11) is 0. The zero-order valence-electron chi connectivity index (χ0n) is 12.0. The van der Waals surface area contributed by atoms with E-state index in [0.29, 0.717) is 0 Å². The first-order valence-corrected chi connectivity index (χ1v) is 6.66. The fraction of sp³-hybridized carbons (Fsp3) is 0.533. The van der Waals surface area contributed by atoms with Crippen molar-refractivity contribution in [3.8, 4) is 0 Å². The number of carbonyl (C=O) groups is 1. The SMILES string of the molecule is Cc1ccc2c(c1)C[C@@H](NC(=O)OC(C)(C)C)CN2. The van der Waals surface area contributed by atoms with Gasteiger partial charge in [-0.3, -0.25) is 0 Å². The first-order valence-electron chi connectivity index (χ1n) is 6.66. The maximum atomic E-state index is 11.7. The molecule has 1 aliphatic rings. The summed E-state index contributed by atoms with van der Waals surface area (Å²) in [4.78, 5) is 11.7. The van der Waals surface area contributed by atoms with Crippen molar-refractivity contribution in [2.45, 2.75) is 45.8 Å². The van der Waals surface area contributed by atoms with Crippen LogP contribution >= 0.6 is 0 Å². The number of amides is 1. The average Bonchev–Trinajstić information content (AvgIpc) is 2.25. The molecule has 0 saturated heterocycles. The molecular weight excluding hydrogens is 240 g/mol. The second-order valence-corrected chi connectivity index (χ2v) is 6.09. The molecule has 0 radical (unpaired) electrons. The van der Waals surface area contributed by atoms with E-state index < -0.39 is 5.60 Å². The molecule has 104 valence electrons. The van der Waals surface area contributed by atoms with E-state index in [1.807, 2.05) is 20.8 Å². The monoisotopic (exact) mass is 262 g/mol. The lowest BCUT2D eigenvalue weighted by Crippen LogP contribution is -2.45. The van der Waals surface area contributed by atoms with E-state index in [0.717, 1.165) is 18.7 Å². The smallest absolute Gasteiger partial charge is 0.407 e. The lowest BCUT2D eigenvalue weighted by atomic mass is 9.98. The lowest BCUT2D eigenvalue weighted by Gasteiger charge is -2.28. The predicted molar refractivity (Wildman–Crippen MR) is 76.5 cm³/mol. The number of nitrogens with one attached hydrogen (secondary N) is 2. The van der Waals surface area contributed by atoms with E-state index >= 15 is 0 Å². The number of ether oxygens (including phenoxy) is 1. The summed E-state index contributed by atoms with van der Waals surface area (Å²) in [5, 5.41) is 6.25. The molecule has 0 aromatic heterocycles. The summed E-state index contributed by atoms with van der Waals surface area (Å²) in [5.74, 6) is 0. The minimum absolute atomic E-state index is 0.0733. The molecule has 2 N–H and O–H groups in total. The number of rotatable bonds is 1. The maximum Gasteiger partial charge on any atom is 0.407 e. The number of hydrogen-bond acceptors (Lipinski definition) is 3. The Morgan fingerprint density at radius 3 is 2.84 bits per heavy atom. The molecule has 0 fully saturated rings. The zero-order valence-corrected chi connectivity index (χ0v) is 12.0. The summed E-state index contributed by atoms with van der Waals surface area (Å²) in [6, 6.07) is 6.41. The van der Waals surface area contributed by atoms with Gasteiger partial charge in [0.15, 0.2) is 0 Å². The molecule has 0 bridgehead atoms. The minimum Gasteiger partial charge on any atom is -0.444 e. The van der Waals surface area contributed by atoms with Crippen LogP contribution < -0.4 is 10.6 Å². The van der Waals surface area contributed by atoms with Gasteiger partial charge in [-0.1, -0.05) is 17.7 Å². The predicted octanol–water partition coefficient (Wildman–Crippen LogP) is 2.86. The largest absolute Gasteiger partial charge is 0.444 e. The summed E-state index contributed by atoms with van der Waals surface area (Å²) in [6.07, 6.45) is 0.485. The fourth-order valence-corrected chi connectivity index (χ4v) is 2.21. The molecule has 1 amide bonds. The standard InChI is InChI=1S/C15H22N2O2/c1-10-5-6-13-11(7-10)8-12(9-16-13)17-14(18)19-15(2,3)4/h5-7,12,16H,8-9H2,1-4H3,(H,17,18)/t12-/m1/s1. The van der Waals surface area contributed by atoms with Crippen molar-refractivity contribution < 1.29 is 9.53 Å². The van der Waals surface area contributed by atoms with Gasteiger partial charge in [-0.2, -0.15) is 0 Å². The van der Waals surface area contributed by atoms with E-state index in [-0.39, 0.29) is 12.1 Å². The summed E-state index contributed by atoms with van der Waals surface area (Å²) < 4.78 is 5.27. The van der Waals surface area contributed by atoms with Gasteiger partial charge in [-0.05, 0) is 45.7 Å². The number of benzene rings is 1. The average molecular weight is 262 g/mol. The number of carbonyl (C=O) groups excluding carboxylic acids is 1. The Morgan fingerprint density at radius 2 is 2.16 bits per heavy atom. The summed E-state index contributed by atoms with van der Waals surface area (Å²) in [5.41, 5.74) is 3.18. The van der Waals surface area contributed by atoms with Gasteiger partial charge in [0.2, 0.25) is 0 Å². The van der Waals surface area contributed by atoms with Crippen LogP contribution in [0.2, 0.25) is 0 Å². The number of aryl methyl sites for hydroxylation is 1. The van der Waals surface area contributed by atoms with Gasteiger partial charge >= 0.3 is 6.09 Å². The fourth-order valence-electron chi connectivity index (χ4n) is 2.21. The van der Waals surface area contributed by atoms with Crippen molar-refractivity contribution in [2.75, 3.05) is 11.9 Å². The Balaban J connectivity index is 1.96. The van der Waals surface area contributed by atoms with Gasteiger partial charge in [0.25, 0.3) is 0 Å². The number of anilines is 1. The van der Waals surface area contributed by atoms with Crippen LogP contribution in [0.3, 0.4) is 0 Å². The first kappa shape index (κ1) is 13.7. The summed E-state index contributed by atoms with van der Waals surface area (Å²) in [6.45, 7) is 8.40. The van der Waals surface area contributed by atoms with Crippen LogP contribution in [0.15, 0.2) is 18.2 Å². The molecule has 0 spiro atoms. The third kappa shape index (κ3) is 3.88. The van der Waals surface area contributed by atoms with Crippen molar-refractivity contribution in [3.63, 3.8) is 0 Å². The molecule has 1 atom stereocenters. The van der Waals surface area contributed by atoms with E-state index in [1.54, 1.807) is 0 Å². The van der Waals surface area contributed by atoms with Gasteiger partial charge in [0, 0.05) is 12.2 Å². The minimum atomic E-state index is -0.458. The molecule has 1 aromatic rings. The molecule has 1 heterocycles. The quantitative estimate of drug-likeness (QED) is 0.818. The molecule has 0 saturated carbocycles. The highest BCUT2D eigenvalue weighted by atomic mass is 16.6. The molecule has 19 heavy (non-hydrogen) atoms. The van der Waals surface area contributed by atoms with Gasteiger partial charge in [-0.25, -0.2) is 4.79 Å². The Bertz CT molecular complexity index is 478. The zero-order chi connectivity index (χ0) is 14.0. The van der Waals surface area contributed by atoms with Gasteiger partial charge in [0.1, 0.15) is 5.60 Å². The van der Waals surface area contributed by atoms with E-state index in [4.69, 9.17) is 4.74 Å². The third-order valence-electron chi connectivity index (χ3n) is 2.99. The van der Waals surface area contributed by atoms with E-state index in [2.05, 4.69) is 35.8 Å². The highest BCUT2D eigenvalue weighted by Gasteiger charge is 2.23. The topological polar surface area (TPSA) is 50.4 Å². The third-order valence-corrected chi connectivity index (χ3v) is 2.99. The normalized spacial score (nSPS) is 18.2. The van der Waals surface area contributed by atoms with Gasteiger partial charge in [0.05, 0.1) is 6.04 Å². The van der Waals surface area contributed by atoms with Crippen molar-refractivity contribution in [3.05, 3.63) is 29.3 Å². The van der Waals surface area contributed by atoms with Crippen LogP contribution in [-0.4, -0.2) is 24.3 Å². The summed E-state index contributed by atoms with van der Waals surface area (Å²) >= 11 is 0.